The molecule has 0 saturated carbocycles. The van der Waals surface area contributed by atoms with Gasteiger partial charge < -0.3 is 4.42 Å². The zero-order valence-corrected chi connectivity index (χ0v) is 11.1. The number of nitrogens with zero attached hydrogens (tertiary/aromatic N) is 1. The zero-order valence-electron chi connectivity index (χ0n) is 11.1. The molecule has 0 N–H and O–H groups in total. The van der Waals surface area contributed by atoms with E-state index in [-0.39, 0.29) is 0 Å². The highest BCUT2D eigenvalue weighted by molar-refractivity contribution is 5.77. The number of para-hydroxylation sites is 1. The summed E-state index contributed by atoms with van der Waals surface area (Å²) in [5.74, 6) is 1.01. The number of benzene rings is 1. The third-order valence-corrected chi connectivity index (χ3v) is 3.30. The van der Waals surface area contributed by atoms with Crippen molar-refractivity contribution in [1.82, 2.24) is 0 Å². The minimum absolute atomic E-state index is 0.340. The molecule has 0 amide bonds. The number of carbonyl (C=O) groups is 1. The second kappa shape index (κ2) is 5.13. The highest BCUT2D eigenvalue weighted by Gasteiger charge is 2.08. The average Bonchev–Trinajstić information content (AvgIpc) is 2.95. The lowest BCUT2D eigenvalue weighted by molar-refractivity contribution is -0.646. The van der Waals surface area contributed by atoms with E-state index in [9.17, 15) is 4.79 Å². The Balaban J connectivity index is 1.98. The third-order valence-electron chi connectivity index (χ3n) is 3.30. The van der Waals surface area contributed by atoms with Crippen LogP contribution in [0, 0.1) is 0 Å². The summed E-state index contributed by atoms with van der Waals surface area (Å²) in [6, 6.07) is 15.8. The molecule has 0 fully saturated rings. The van der Waals surface area contributed by atoms with Crippen LogP contribution in [0.15, 0.2) is 52.9 Å². The van der Waals surface area contributed by atoms with Crippen LogP contribution in [0.5, 0.6) is 0 Å². The molecule has 2 aromatic heterocycles. The predicted molar refractivity (Wildman–Crippen MR) is 78.1 cm³/mol. The van der Waals surface area contributed by atoms with Crippen LogP contribution in [0.4, 0.5) is 0 Å². The molecule has 1 aromatic carbocycles. The van der Waals surface area contributed by atoms with Gasteiger partial charge in [0, 0.05) is 23.6 Å². The highest BCUT2D eigenvalue weighted by atomic mass is 16.3. The van der Waals surface area contributed by atoms with E-state index in [1.165, 1.54) is 10.9 Å². The minimum atomic E-state index is 0.340. The molecular formula is C17H14NO2+. The lowest BCUT2D eigenvalue weighted by atomic mass is 10.2. The molecule has 3 nitrogen and oxygen atoms in total. The van der Waals surface area contributed by atoms with Gasteiger partial charge in [0.25, 0.3) is 0 Å². The standard InChI is InChI=1S/C17H14NO2/c1-18-14(7-6-13-4-2-3-5-17(13)18)8-9-15-10-11-16(12-19)20-15/h2-12H,1H3/q+1/b9-8+. The molecule has 98 valence electrons. The SMILES string of the molecule is C[n+]1c(/C=C/c2ccc(C=O)o2)ccc2ccccc21. The maximum Gasteiger partial charge on any atom is 0.212 e. The van der Waals surface area contributed by atoms with Crippen LogP contribution in [0.3, 0.4) is 0 Å². The van der Waals surface area contributed by atoms with E-state index in [1.54, 1.807) is 12.1 Å². The molecule has 0 aliphatic heterocycles. The largest absolute Gasteiger partial charge is 0.454 e. The van der Waals surface area contributed by atoms with Gasteiger partial charge in [0.1, 0.15) is 12.8 Å². The Morgan fingerprint density at radius 2 is 1.75 bits per heavy atom. The van der Waals surface area contributed by atoms with Crippen LogP contribution in [0.2, 0.25) is 0 Å². The number of hydrogen-bond donors (Lipinski definition) is 0. The van der Waals surface area contributed by atoms with Crippen LogP contribution in [0.1, 0.15) is 22.0 Å². The normalized spacial score (nSPS) is 11.2. The number of aromatic nitrogens is 1. The Labute approximate surface area is 116 Å². The van der Waals surface area contributed by atoms with E-state index in [1.807, 2.05) is 31.3 Å². The summed E-state index contributed by atoms with van der Waals surface area (Å²) in [4.78, 5) is 10.6. The van der Waals surface area contributed by atoms with E-state index in [0.717, 1.165) is 5.69 Å². The van der Waals surface area contributed by atoms with Crippen LogP contribution in [0.25, 0.3) is 23.1 Å². The summed E-state index contributed by atoms with van der Waals surface area (Å²) < 4.78 is 7.44. The molecular weight excluding hydrogens is 250 g/mol. The van der Waals surface area contributed by atoms with E-state index < -0.39 is 0 Å². The Bertz CT molecular complexity index is 800. The van der Waals surface area contributed by atoms with Crippen LogP contribution in [-0.2, 0) is 7.05 Å². The van der Waals surface area contributed by atoms with Gasteiger partial charge in [-0.05, 0) is 30.3 Å². The van der Waals surface area contributed by atoms with Crippen molar-refractivity contribution in [2.75, 3.05) is 0 Å². The number of aryl methyl sites for hydroxylation is 1. The average molecular weight is 264 g/mol. The van der Waals surface area contributed by atoms with Gasteiger partial charge in [0.05, 0.1) is 0 Å². The smallest absolute Gasteiger partial charge is 0.212 e. The molecule has 0 aliphatic rings. The van der Waals surface area contributed by atoms with Gasteiger partial charge in [-0.1, -0.05) is 12.1 Å². The number of pyridine rings is 1. The van der Waals surface area contributed by atoms with Gasteiger partial charge in [0.15, 0.2) is 12.0 Å². The number of furan rings is 1. The molecule has 3 aromatic rings. The molecule has 0 bridgehead atoms. The van der Waals surface area contributed by atoms with Gasteiger partial charge in [-0.25, -0.2) is 0 Å². The number of rotatable bonds is 3. The van der Waals surface area contributed by atoms with Crippen molar-refractivity contribution in [2.24, 2.45) is 7.05 Å². The first-order chi connectivity index (χ1) is 9.78. The van der Waals surface area contributed by atoms with Crippen molar-refractivity contribution in [2.45, 2.75) is 0 Å². The number of hydrogen-bond acceptors (Lipinski definition) is 2. The van der Waals surface area contributed by atoms with Crippen LogP contribution >= 0.6 is 0 Å². The molecule has 0 unspecified atom stereocenters. The zero-order chi connectivity index (χ0) is 13.9. The first kappa shape index (κ1) is 12.4. The summed E-state index contributed by atoms with van der Waals surface area (Å²) >= 11 is 0. The monoisotopic (exact) mass is 264 g/mol. The first-order valence-electron chi connectivity index (χ1n) is 6.39. The Morgan fingerprint density at radius 3 is 2.55 bits per heavy atom. The van der Waals surface area contributed by atoms with Gasteiger partial charge >= 0.3 is 0 Å². The lowest BCUT2D eigenvalue weighted by Gasteiger charge is -1.99. The predicted octanol–water partition coefficient (Wildman–Crippen LogP) is 3.24. The van der Waals surface area contributed by atoms with Crippen molar-refractivity contribution in [1.29, 1.82) is 0 Å². The topological polar surface area (TPSA) is 34.1 Å². The van der Waals surface area contributed by atoms with E-state index >= 15 is 0 Å². The molecule has 20 heavy (non-hydrogen) atoms. The maximum atomic E-state index is 10.6. The molecule has 0 spiro atoms. The van der Waals surface area contributed by atoms with Crippen molar-refractivity contribution >= 4 is 29.3 Å². The molecule has 2 heterocycles. The van der Waals surface area contributed by atoms with Gasteiger partial charge in [0.2, 0.25) is 11.2 Å². The van der Waals surface area contributed by atoms with Crippen molar-refractivity contribution in [3.63, 3.8) is 0 Å². The van der Waals surface area contributed by atoms with Crippen LogP contribution in [-0.4, -0.2) is 6.29 Å². The summed E-state index contributed by atoms with van der Waals surface area (Å²) in [6.45, 7) is 0. The Kier molecular flexibility index (Phi) is 3.17. The second-order valence-electron chi connectivity index (χ2n) is 4.57. The summed E-state index contributed by atoms with van der Waals surface area (Å²) in [5, 5.41) is 1.20. The molecule has 0 atom stereocenters. The van der Waals surface area contributed by atoms with Gasteiger partial charge in [-0.15, -0.1) is 0 Å². The van der Waals surface area contributed by atoms with E-state index in [4.69, 9.17) is 4.42 Å². The highest BCUT2D eigenvalue weighted by Crippen LogP contribution is 2.13. The first-order valence-corrected chi connectivity index (χ1v) is 6.39. The molecule has 3 rings (SSSR count). The summed E-state index contributed by atoms with van der Waals surface area (Å²) in [6.07, 6.45) is 4.53. The summed E-state index contributed by atoms with van der Waals surface area (Å²) in [5.41, 5.74) is 2.23. The number of fused-ring (bicyclic) bond motifs is 1. The second-order valence-corrected chi connectivity index (χ2v) is 4.57. The number of aldehydes is 1. The fraction of sp³-hybridized carbons (Fsp3) is 0.0588. The van der Waals surface area contributed by atoms with Crippen LogP contribution < -0.4 is 4.57 Å². The molecule has 3 heteroatoms. The fourth-order valence-corrected chi connectivity index (χ4v) is 2.22. The summed E-state index contributed by atoms with van der Waals surface area (Å²) in [7, 11) is 2.03. The maximum absolute atomic E-state index is 10.6. The molecule has 0 radical (unpaired) electrons. The van der Waals surface area contributed by atoms with Crippen molar-refractivity contribution < 1.29 is 13.8 Å². The molecule has 0 aliphatic carbocycles. The van der Waals surface area contributed by atoms with Gasteiger partial charge in [-0.2, -0.15) is 4.57 Å². The lowest BCUT2D eigenvalue weighted by Crippen LogP contribution is -2.32. The molecule has 0 saturated heterocycles. The van der Waals surface area contributed by atoms with E-state index in [2.05, 4.69) is 28.8 Å². The third kappa shape index (κ3) is 2.26. The van der Waals surface area contributed by atoms with Crippen molar-refractivity contribution in [3.05, 3.63) is 65.7 Å². The van der Waals surface area contributed by atoms with Crippen molar-refractivity contribution in [3.8, 4) is 0 Å². The minimum Gasteiger partial charge on any atom is -0.454 e. The van der Waals surface area contributed by atoms with Gasteiger partial charge in [-0.3, -0.25) is 4.79 Å². The Morgan fingerprint density at radius 1 is 0.950 bits per heavy atom. The van der Waals surface area contributed by atoms with E-state index in [0.29, 0.717) is 17.8 Å². The fourth-order valence-electron chi connectivity index (χ4n) is 2.22. The quantitative estimate of drug-likeness (QED) is 0.537. The Hall–Kier alpha value is -2.68. The number of carbonyl (C=O) groups excluding carboxylic acids is 1.